The Balaban J connectivity index is 1.91. The predicted molar refractivity (Wildman–Crippen MR) is 79.4 cm³/mol. The fourth-order valence-corrected chi connectivity index (χ4v) is 2.61. The first-order chi connectivity index (χ1) is 9.78. The van der Waals surface area contributed by atoms with E-state index in [1.807, 2.05) is 24.3 Å². The molecule has 1 fully saturated rings. The number of benzene rings is 1. The van der Waals surface area contributed by atoms with E-state index in [0.717, 1.165) is 36.0 Å². The van der Waals surface area contributed by atoms with Gasteiger partial charge >= 0.3 is 0 Å². The molecule has 0 saturated carbocycles. The summed E-state index contributed by atoms with van der Waals surface area (Å²) in [6.07, 6.45) is 3.12. The van der Waals surface area contributed by atoms with Crippen molar-refractivity contribution in [3.63, 3.8) is 0 Å². The van der Waals surface area contributed by atoms with E-state index in [1.165, 1.54) is 0 Å². The Labute approximate surface area is 119 Å². The summed E-state index contributed by atoms with van der Waals surface area (Å²) in [6, 6.07) is 7.94. The highest BCUT2D eigenvalue weighted by Gasteiger charge is 2.23. The number of aromatic nitrogens is 1. The summed E-state index contributed by atoms with van der Waals surface area (Å²) in [7, 11) is 1.68. The molecule has 0 radical (unpaired) electrons. The van der Waals surface area contributed by atoms with Crippen LogP contribution in [0, 0.1) is 5.92 Å². The van der Waals surface area contributed by atoms with Crippen LogP contribution in [0.4, 0.5) is 0 Å². The molecule has 1 aromatic carbocycles. The maximum Gasteiger partial charge on any atom is 0.221 e. The van der Waals surface area contributed by atoms with Gasteiger partial charge in [0.2, 0.25) is 5.88 Å². The molecule has 20 heavy (non-hydrogen) atoms. The van der Waals surface area contributed by atoms with Crippen molar-refractivity contribution in [3.05, 3.63) is 30.5 Å². The summed E-state index contributed by atoms with van der Waals surface area (Å²) in [6.45, 7) is 4.19. The highest BCUT2D eigenvalue weighted by atomic mass is 16.5. The molecule has 0 aliphatic carbocycles. The molecular formula is C16H20N2O2. The number of nitrogens with zero attached hydrogens (tertiary/aromatic N) is 1. The highest BCUT2D eigenvalue weighted by Crippen LogP contribution is 2.28. The lowest BCUT2D eigenvalue weighted by molar-refractivity contribution is 0.111. The van der Waals surface area contributed by atoms with Crippen LogP contribution in [0.25, 0.3) is 10.8 Å². The van der Waals surface area contributed by atoms with Gasteiger partial charge in [-0.1, -0.05) is 6.92 Å². The van der Waals surface area contributed by atoms with Crippen molar-refractivity contribution >= 4 is 10.8 Å². The topological polar surface area (TPSA) is 43.4 Å². The Kier molecular flexibility index (Phi) is 3.74. The van der Waals surface area contributed by atoms with Gasteiger partial charge < -0.3 is 14.8 Å². The van der Waals surface area contributed by atoms with Gasteiger partial charge in [-0.05, 0) is 48.5 Å². The van der Waals surface area contributed by atoms with Crippen molar-refractivity contribution in [2.75, 3.05) is 20.2 Å². The predicted octanol–water partition coefficient (Wildman–Crippen LogP) is 2.62. The molecule has 1 N–H and O–H groups in total. The number of methoxy groups -OCH3 is 1. The van der Waals surface area contributed by atoms with Gasteiger partial charge in [-0.15, -0.1) is 0 Å². The summed E-state index contributed by atoms with van der Waals surface area (Å²) in [5.74, 6) is 2.11. The van der Waals surface area contributed by atoms with Crippen LogP contribution in [0.15, 0.2) is 30.5 Å². The van der Waals surface area contributed by atoms with E-state index in [4.69, 9.17) is 9.47 Å². The average Bonchev–Trinajstić information content (AvgIpc) is 2.49. The molecule has 1 aromatic heterocycles. The van der Waals surface area contributed by atoms with Crippen LogP contribution in [0.2, 0.25) is 0 Å². The fraction of sp³-hybridized carbons (Fsp3) is 0.438. The largest absolute Gasteiger partial charge is 0.497 e. The number of hydrogen-bond donors (Lipinski definition) is 1. The molecule has 2 atom stereocenters. The summed E-state index contributed by atoms with van der Waals surface area (Å²) in [5, 5.41) is 5.50. The first-order valence-corrected chi connectivity index (χ1v) is 7.08. The Morgan fingerprint density at radius 2 is 2.20 bits per heavy atom. The Morgan fingerprint density at radius 1 is 1.30 bits per heavy atom. The number of ether oxygens (including phenoxy) is 2. The zero-order valence-electron chi connectivity index (χ0n) is 11.9. The standard InChI is InChI=1S/C16H20N2O2/c1-11-5-7-17-10-15(11)20-16-14-4-3-13(19-2)9-12(14)6-8-18-16/h3-4,6,8-9,11,15,17H,5,7,10H2,1-2H3. The summed E-state index contributed by atoms with van der Waals surface area (Å²) in [4.78, 5) is 4.40. The molecule has 0 spiro atoms. The summed E-state index contributed by atoms with van der Waals surface area (Å²) >= 11 is 0. The third kappa shape index (κ3) is 2.56. The molecular weight excluding hydrogens is 252 g/mol. The molecule has 2 aromatic rings. The van der Waals surface area contributed by atoms with Gasteiger partial charge in [0, 0.05) is 18.1 Å². The van der Waals surface area contributed by atoms with Crippen LogP contribution >= 0.6 is 0 Å². The van der Waals surface area contributed by atoms with Gasteiger partial charge in [0.05, 0.1) is 7.11 Å². The van der Waals surface area contributed by atoms with Gasteiger partial charge in [0.1, 0.15) is 11.9 Å². The SMILES string of the molecule is COc1ccc2c(OC3CNCCC3C)nccc2c1. The molecule has 0 bridgehead atoms. The summed E-state index contributed by atoms with van der Waals surface area (Å²) < 4.78 is 11.4. The number of piperidine rings is 1. The van der Waals surface area contributed by atoms with E-state index >= 15 is 0 Å². The normalized spacial score (nSPS) is 22.7. The number of hydrogen-bond acceptors (Lipinski definition) is 4. The smallest absolute Gasteiger partial charge is 0.221 e. The van der Waals surface area contributed by atoms with Crippen LogP contribution in [-0.4, -0.2) is 31.3 Å². The molecule has 4 nitrogen and oxygen atoms in total. The second kappa shape index (κ2) is 5.67. The second-order valence-corrected chi connectivity index (χ2v) is 5.33. The van der Waals surface area contributed by atoms with Crippen LogP contribution in [0.3, 0.4) is 0 Å². The lowest BCUT2D eigenvalue weighted by Gasteiger charge is -2.29. The molecule has 106 valence electrons. The highest BCUT2D eigenvalue weighted by molar-refractivity contribution is 5.87. The third-order valence-corrected chi connectivity index (χ3v) is 3.95. The fourth-order valence-electron chi connectivity index (χ4n) is 2.61. The van der Waals surface area contributed by atoms with E-state index in [9.17, 15) is 0 Å². The van der Waals surface area contributed by atoms with Gasteiger partial charge in [-0.2, -0.15) is 0 Å². The van der Waals surface area contributed by atoms with E-state index in [-0.39, 0.29) is 6.10 Å². The Bertz CT molecular complexity index is 600. The van der Waals surface area contributed by atoms with Gasteiger partial charge in [-0.25, -0.2) is 4.98 Å². The molecule has 1 saturated heterocycles. The van der Waals surface area contributed by atoms with E-state index in [1.54, 1.807) is 13.3 Å². The Morgan fingerprint density at radius 3 is 3.00 bits per heavy atom. The number of nitrogens with one attached hydrogen (secondary N) is 1. The minimum Gasteiger partial charge on any atom is -0.497 e. The van der Waals surface area contributed by atoms with Crippen LogP contribution < -0.4 is 14.8 Å². The lowest BCUT2D eigenvalue weighted by Crippen LogP contribution is -2.43. The van der Waals surface area contributed by atoms with Crippen LogP contribution in [-0.2, 0) is 0 Å². The lowest BCUT2D eigenvalue weighted by atomic mass is 9.97. The first-order valence-electron chi connectivity index (χ1n) is 7.08. The molecule has 0 amide bonds. The third-order valence-electron chi connectivity index (χ3n) is 3.95. The van der Waals surface area contributed by atoms with Crippen LogP contribution in [0.1, 0.15) is 13.3 Å². The van der Waals surface area contributed by atoms with E-state index < -0.39 is 0 Å². The second-order valence-electron chi connectivity index (χ2n) is 5.33. The maximum atomic E-state index is 6.14. The van der Waals surface area contributed by atoms with E-state index in [2.05, 4.69) is 17.2 Å². The number of fused-ring (bicyclic) bond motifs is 1. The van der Waals surface area contributed by atoms with Crippen molar-refractivity contribution in [1.82, 2.24) is 10.3 Å². The van der Waals surface area contributed by atoms with Gasteiger partial charge in [0.25, 0.3) is 0 Å². The summed E-state index contributed by atoms with van der Waals surface area (Å²) in [5.41, 5.74) is 0. The molecule has 1 aliphatic heterocycles. The molecule has 2 heterocycles. The molecule has 4 heteroatoms. The van der Waals surface area contributed by atoms with Crippen molar-refractivity contribution < 1.29 is 9.47 Å². The zero-order valence-corrected chi connectivity index (χ0v) is 11.9. The number of rotatable bonds is 3. The average molecular weight is 272 g/mol. The zero-order chi connectivity index (χ0) is 13.9. The van der Waals surface area contributed by atoms with Gasteiger partial charge in [0.15, 0.2) is 0 Å². The van der Waals surface area contributed by atoms with E-state index in [0.29, 0.717) is 11.8 Å². The molecule has 1 aliphatic rings. The maximum absolute atomic E-state index is 6.14. The minimum atomic E-state index is 0.184. The van der Waals surface area contributed by atoms with Crippen molar-refractivity contribution in [1.29, 1.82) is 0 Å². The molecule has 3 rings (SSSR count). The minimum absolute atomic E-state index is 0.184. The van der Waals surface area contributed by atoms with Crippen molar-refractivity contribution in [2.45, 2.75) is 19.4 Å². The quantitative estimate of drug-likeness (QED) is 0.932. The van der Waals surface area contributed by atoms with Crippen molar-refractivity contribution in [3.8, 4) is 11.6 Å². The molecule has 2 unspecified atom stereocenters. The monoisotopic (exact) mass is 272 g/mol. The van der Waals surface area contributed by atoms with Crippen LogP contribution in [0.5, 0.6) is 11.6 Å². The Hall–Kier alpha value is -1.81. The van der Waals surface area contributed by atoms with Crippen molar-refractivity contribution in [2.24, 2.45) is 5.92 Å². The first kappa shape index (κ1) is 13.2. The number of pyridine rings is 1. The van der Waals surface area contributed by atoms with Gasteiger partial charge in [-0.3, -0.25) is 0 Å².